The van der Waals surface area contributed by atoms with E-state index in [2.05, 4.69) is 5.32 Å². The number of nitrogens with one attached hydrogen (secondary N) is 1. The molecule has 0 aliphatic heterocycles. The number of halogens is 1. The molecule has 3 aromatic rings. The van der Waals surface area contributed by atoms with Gasteiger partial charge in [-0.2, -0.15) is 0 Å². The molecule has 1 N–H and O–H groups in total. The molecule has 0 aliphatic rings. The number of benzene rings is 3. The molecule has 0 heterocycles. The molecule has 0 saturated carbocycles. The van der Waals surface area contributed by atoms with Crippen LogP contribution in [-0.2, 0) is 16.1 Å². The minimum absolute atomic E-state index is 0.269. The van der Waals surface area contributed by atoms with Crippen LogP contribution < -0.4 is 10.1 Å². The molecule has 0 fully saturated rings. The third-order valence-corrected chi connectivity index (χ3v) is 4.14. The summed E-state index contributed by atoms with van der Waals surface area (Å²) in [6.07, 6.45) is 1.56. The Balaban J connectivity index is 1.73. The van der Waals surface area contributed by atoms with Gasteiger partial charge in [-0.05, 0) is 54.4 Å². The van der Waals surface area contributed by atoms with Crippen LogP contribution in [0.5, 0.6) is 5.75 Å². The van der Waals surface area contributed by atoms with Crippen LogP contribution in [-0.4, -0.2) is 12.6 Å². The number of hydrogen-bond acceptors (Lipinski definition) is 4. The van der Waals surface area contributed by atoms with Crippen molar-refractivity contribution in [2.45, 2.75) is 13.5 Å². The van der Waals surface area contributed by atoms with Crippen molar-refractivity contribution in [3.05, 3.63) is 102 Å². The molecule has 5 heteroatoms. The van der Waals surface area contributed by atoms with Crippen molar-refractivity contribution in [3.8, 4) is 5.75 Å². The maximum absolute atomic E-state index is 13.1. The Kier molecular flexibility index (Phi) is 7.00. The van der Waals surface area contributed by atoms with Gasteiger partial charge in [-0.25, -0.2) is 9.18 Å². The van der Waals surface area contributed by atoms with Crippen molar-refractivity contribution in [2.24, 2.45) is 0 Å². The average Bonchev–Trinajstić information content (AvgIpc) is 2.75. The highest BCUT2D eigenvalue weighted by molar-refractivity contribution is 6.16. The third-order valence-electron chi connectivity index (χ3n) is 4.14. The smallest absolute Gasteiger partial charge is 0.340 e. The number of rotatable bonds is 8. The zero-order valence-corrected chi connectivity index (χ0v) is 16.1. The third kappa shape index (κ3) is 5.94. The van der Waals surface area contributed by atoms with Crippen LogP contribution in [0.4, 0.5) is 10.1 Å². The second-order valence-corrected chi connectivity index (χ2v) is 6.23. The predicted octanol–water partition coefficient (Wildman–Crippen LogP) is 5.42. The Hall–Kier alpha value is -3.60. The van der Waals surface area contributed by atoms with Crippen LogP contribution >= 0.6 is 0 Å². The van der Waals surface area contributed by atoms with Crippen molar-refractivity contribution in [1.29, 1.82) is 0 Å². The zero-order valence-electron chi connectivity index (χ0n) is 16.1. The zero-order chi connectivity index (χ0) is 20.5. The Morgan fingerprint density at radius 2 is 1.66 bits per heavy atom. The number of esters is 1. The van der Waals surface area contributed by atoms with E-state index in [0.717, 1.165) is 5.56 Å². The minimum Gasteiger partial charge on any atom is -0.489 e. The summed E-state index contributed by atoms with van der Waals surface area (Å²) in [7, 11) is 0. The van der Waals surface area contributed by atoms with Gasteiger partial charge in [0.2, 0.25) is 0 Å². The quantitative estimate of drug-likeness (QED) is 0.411. The first-order chi connectivity index (χ1) is 14.2. The van der Waals surface area contributed by atoms with Gasteiger partial charge >= 0.3 is 5.97 Å². The van der Waals surface area contributed by atoms with E-state index in [1.165, 1.54) is 12.1 Å². The number of carbonyl (C=O) groups excluding carboxylic acids is 1. The SMILES string of the molecule is CCOC(=O)/C(=C\Nc1ccc(F)cc1)c1ccc(OCc2ccccc2)cc1. The first-order valence-electron chi connectivity index (χ1n) is 9.32. The maximum atomic E-state index is 13.1. The summed E-state index contributed by atoms with van der Waals surface area (Å²) >= 11 is 0. The van der Waals surface area contributed by atoms with Crippen molar-refractivity contribution < 1.29 is 18.7 Å². The average molecular weight is 391 g/mol. The van der Waals surface area contributed by atoms with Gasteiger partial charge < -0.3 is 14.8 Å². The highest BCUT2D eigenvalue weighted by atomic mass is 19.1. The summed E-state index contributed by atoms with van der Waals surface area (Å²) in [5.74, 6) is -0.0661. The van der Waals surface area contributed by atoms with Crippen LogP contribution in [0, 0.1) is 5.82 Å². The molecule has 0 amide bonds. The minimum atomic E-state index is -0.444. The molecule has 0 spiro atoms. The Bertz CT molecular complexity index is 952. The molecule has 0 bridgehead atoms. The lowest BCUT2D eigenvalue weighted by molar-refractivity contribution is -0.136. The van der Waals surface area contributed by atoms with Gasteiger partial charge in [0.15, 0.2) is 0 Å². The highest BCUT2D eigenvalue weighted by Crippen LogP contribution is 2.21. The molecule has 0 atom stereocenters. The van der Waals surface area contributed by atoms with E-state index >= 15 is 0 Å². The second-order valence-electron chi connectivity index (χ2n) is 6.23. The molecule has 0 aromatic heterocycles. The van der Waals surface area contributed by atoms with Crippen LogP contribution in [0.1, 0.15) is 18.1 Å². The fourth-order valence-electron chi connectivity index (χ4n) is 2.64. The first-order valence-corrected chi connectivity index (χ1v) is 9.32. The molecule has 0 saturated heterocycles. The molecule has 0 radical (unpaired) electrons. The van der Waals surface area contributed by atoms with E-state index in [0.29, 0.717) is 29.2 Å². The van der Waals surface area contributed by atoms with Gasteiger partial charge in [-0.15, -0.1) is 0 Å². The van der Waals surface area contributed by atoms with Crippen molar-refractivity contribution in [2.75, 3.05) is 11.9 Å². The monoisotopic (exact) mass is 391 g/mol. The standard InChI is InChI=1S/C24H22FNO3/c1-2-28-24(27)23(16-26-21-12-10-20(25)11-13-21)19-8-14-22(15-9-19)29-17-18-6-4-3-5-7-18/h3-16,26H,2,17H2,1H3/b23-16-. The Morgan fingerprint density at radius 1 is 0.966 bits per heavy atom. The van der Waals surface area contributed by atoms with Gasteiger partial charge in [-0.3, -0.25) is 0 Å². The van der Waals surface area contributed by atoms with Gasteiger partial charge in [0.05, 0.1) is 12.2 Å². The van der Waals surface area contributed by atoms with Crippen molar-refractivity contribution in [3.63, 3.8) is 0 Å². The number of ether oxygens (including phenoxy) is 2. The fourth-order valence-corrected chi connectivity index (χ4v) is 2.64. The lowest BCUT2D eigenvalue weighted by atomic mass is 10.1. The predicted molar refractivity (Wildman–Crippen MR) is 112 cm³/mol. The van der Waals surface area contributed by atoms with Gasteiger partial charge in [0, 0.05) is 11.9 Å². The topological polar surface area (TPSA) is 47.6 Å². The number of hydrogen-bond donors (Lipinski definition) is 1. The van der Waals surface area contributed by atoms with Crippen molar-refractivity contribution >= 4 is 17.2 Å². The first kappa shape index (κ1) is 20.1. The van der Waals surface area contributed by atoms with E-state index in [-0.39, 0.29) is 12.4 Å². The van der Waals surface area contributed by atoms with Crippen molar-refractivity contribution in [1.82, 2.24) is 0 Å². The number of carbonyl (C=O) groups is 1. The summed E-state index contributed by atoms with van der Waals surface area (Å²) in [6.45, 7) is 2.49. The summed E-state index contributed by atoms with van der Waals surface area (Å²) in [5, 5.41) is 3.01. The van der Waals surface area contributed by atoms with Gasteiger partial charge in [0.25, 0.3) is 0 Å². The van der Waals surface area contributed by atoms with Gasteiger partial charge in [-0.1, -0.05) is 42.5 Å². The lowest BCUT2D eigenvalue weighted by Gasteiger charge is -2.10. The van der Waals surface area contributed by atoms with E-state index in [9.17, 15) is 9.18 Å². The molecule has 0 unspecified atom stereocenters. The van der Waals surface area contributed by atoms with Crippen LogP contribution in [0.25, 0.3) is 5.57 Å². The van der Waals surface area contributed by atoms with E-state index in [1.807, 2.05) is 42.5 Å². The number of anilines is 1. The Labute approximate surface area is 169 Å². The molecule has 3 aromatic carbocycles. The molecule has 4 nitrogen and oxygen atoms in total. The summed E-state index contributed by atoms with van der Waals surface area (Å²) in [6, 6.07) is 23.0. The highest BCUT2D eigenvalue weighted by Gasteiger charge is 2.13. The molecule has 148 valence electrons. The maximum Gasteiger partial charge on any atom is 0.340 e. The van der Waals surface area contributed by atoms with Crippen LogP contribution in [0.2, 0.25) is 0 Å². The van der Waals surface area contributed by atoms with E-state index < -0.39 is 5.97 Å². The summed E-state index contributed by atoms with van der Waals surface area (Å²) < 4.78 is 24.0. The second kappa shape index (κ2) is 10.1. The molecule has 29 heavy (non-hydrogen) atoms. The Morgan fingerprint density at radius 3 is 2.31 bits per heavy atom. The lowest BCUT2D eigenvalue weighted by Crippen LogP contribution is -2.08. The molecular formula is C24H22FNO3. The molecule has 3 rings (SSSR count). The van der Waals surface area contributed by atoms with Crippen LogP contribution in [0.15, 0.2) is 85.1 Å². The van der Waals surface area contributed by atoms with E-state index in [4.69, 9.17) is 9.47 Å². The van der Waals surface area contributed by atoms with Gasteiger partial charge in [0.1, 0.15) is 18.2 Å². The fraction of sp³-hybridized carbons (Fsp3) is 0.125. The summed E-state index contributed by atoms with van der Waals surface area (Å²) in [5.41, 5.74) is 2.79. The van der Waals surface area contributed by atoms with Crippen LogP contribution in [0.3, 0.4) is 0 Å². The van der Waals surface area contributed by atoms with E-state index in [1.54, 1.807) is 37.4 Å². The normalized spacial score (nSPS) is 11.0. The summed E-state index contributed by atoms with van der Waals surface area (Å²) in [4.78, 5) is 12.4. The molecule has 0 aliphatic carbocycles. The molecular weight excluding hydrogens is 369 g/mol. The largest absolute Gasteiger partial charge is 0.489 e.